The molecule has 1 spiro atoms. The summed E-state index contributed by atoms with van der Waals surface area (Å²) in [6.45, 7) is 1.18. The maximum atomic E-state index is 12.4. The number of hydrogen-bond acceptors (Lipinski definition) is 3. The monoisotopic (exact) mass is 316 g/mol. The lowest BCUT2D eigenvalue weighted by atomic mass is 9.84. The van der Waals surface area contributed by atoms with Crippen LogP contribution >= 0.6 is 0 Å². The van der Waals surface area contributed by atoms with E-state index in [1.54, 1.807) is 4.90 Å². The smallest absolute Gasteiger partial charge is 0.410 e. The maximum Gasteiger partial charge on any atom is 0.410 e. The van der Waals surface area contributed by atoms with Crippen molar-refractivity contribution < 1.29 is 23.1 Å². The van der Waals surface area contributed by atoms with E-state index in [1.807, 2.05) is 0 Å². The van der Waals surface area contributed by atoms with Gasteiger partial charge < -0.3 is 14.5 Å². The molecule has 3 rings (SSSR count). The number of carbonyl (C=O) groups excluding carboxylic acids is 2. The number of carbonyl (C=O) groups is 2. The molecule has 2 amide bonds. The molecule has 0 aromatic carbocycles. The average molecular weight is 316 g/mol. The van der Waals surface area contributed by atoms with Crippen molar-refractivity contribution >= 4 is 12.0 Å². The lowest BCUT2D eigenvalue weighted by Crippen LogP contribution is -2.49. The van der Waals surface area contributed by atoms with Gasteiger partial charge in [0, 0.05) is 19.1 Å². The summed E-state index contributed by atoms with van der Waals surface area (Å²) in [5, 5.41) is 0. The minimum absolute atomic E-state index is 0.00414. The first-order valence-corrected chi connectivity index (χ1v) is 8.07. The number of halogens is 2. The molecule has 3 fully saturated rings. The molecule has 7 heteroatoms. The van der Waals surface area contributed by atoms with Crippen LogP contribution in [-0.2, 0) is 9.53 Å². The molecule has 0 aromatic rings. The molecule has 0 radical (unpaired) electrons. The number of amides is 2. The lowest BCUT2D eigenvalue weighted by molar-refractivity contribution is -0.144. The lowest BCUT2D eigenvalue weighted by Gasteiger charge is -2.36. The van der Waals surface area contributed by atoms with Crippen LogP contribution in [0.15, 0.2) is 0 Å². The van der Waals surface area contributed by atoms with Crippen LogP contribution in [0.5, 0.6) is 0 Å². The van der Waals surface area contributed by atoms with Crippen molar-refractivity contribution in [3.05, 3.63) is 0 Å². The highest BCUT2D eigenvalue weighted by Crippen LogP contribution is 2.38. The van der Waals surface area contributed by atoms with Crippen molar-refractivity contribution in [1.82, 2.24) is 9.80 Å². The number of likely N-dealkylation sites (tertiary alicyclic amines) is 1. The van der Waals surface area contributed by atoms with Gasteiger partial charge in [-0.15, -0.1) is 0 Å². The van der Waals surface area contributed by atoms with Crippen LogP contribution in [-0.4, -0.2) is 59.5 Å². The number of alkyl halides is 2. The van der Waals surface area contributed by atoms with Crippen LogP contribution in [0.2, 0.25) is 0 Å². The van der Waals surface area contributed by atoms with Crippen LogP contribution in [0.4, 0.5) is 13.6 Å². The summed E-state index contributed by atoms with van der Waals surface area (Å²) in [5.41, 5.74) is -0.328. The summed E-state index contributed by atoms with van der Waals surface area (Å²) < 4.78 is 30.5. The van der Waals surface area contributed by atoms with Crippen molar-refractivity contribution in [3.8, 4) is 0 Å². The Hall–Kier alpha value is -1.40. The van der Waals surface area contributed by atoms with Crippen molar-refractivity contribution in [2.45, 2.75) is 63.0 Å². The van der Waals surface area contributed by atoms with Gasteiger partial charge in [-0.2, -0.15) is 8.78 Å². The van der Waals surface area contributed by atoms with Crippen molar-refractivity contribution in [2.24, 2.45) is 0 Å². The molecule has 3 aliphatic rings. The normalized spacial score (nSPS) is 25.9. The molecular formula is C15H22F2N2O3. The van der Waals surface area contributed by atoms with Crippen molar-refractivity contribution in [1.29, 1.82) is 0 Å². The van der Waals surface area contributed by atoms with Gasteiger partial charge in [-0.25, -0.2) is 4.79 Å². The topological polar surface area (TPSA) is 49.9 Å². The Kier molecular flexibility index (Phi) is 4.23. The second-order valence-electron chi connectivity index (χ2n) is 6.60. The van der Waals surface area contributed by atoms with Crippen LogP contribution < -0.4 is 0 Å². The largest absolute Gasteiger partial charge is 0.441 e. The van der Waals surface area contributed by atoms with E-state index in [0.717, 1.165) is 25.7 Å². The predicted molar refractivity (Wildman–Crippen MR) is 74.6 cm³/mol. The minimum atomic E-state index is -2.95. The molecule has 0 bridgehead atoms. The van der Waals surface area contributed by atoms with Gasteiger partial charge in [0.2, 0.25) is 0 Å². The molecule has 2 saturated heterocycles. The van der Waals surface area contributed by atoms with Gasteiger partial charge in [-0.3, -0.25) is 4.79 Å². The maximum absolute atomic E-state index is 12.4. The molecule has 0 aromatic heterocycles. The van der Waals surface area contributed by atoms with E-state index < -0.39 is 12.3 Å². The quantitative estimate of drug-likeness (QED) is 0.786. The van der Waals surface area contributed by atoms with Gasteiger partial charge in [0.25, 0.3) is 5.91 Å². The third-order valence-electron chi connectivity index (χ3n) is 5.17. The van der Waals surface area contributed by atoms with E-state index in [1.165, 1.54) is 11.3 Å². The molecule has 22 heavy (non-hydrogen) atoms. The zero-order chi connectivity index (χ0) is 15.7. The van der Waals surface area contributed by atoms with Crippen LogP contribution in [0.1, 0.15) is 44.9 Å². The van der Waals surface area contributed by atoms with Crippen LogP contribution in [0.25, 0.3) is 0 Å². The van der Waals surface area contributed by atoms with E-state index in [0.29, 0.717) is 19.4 Å². The molecule has 5 nitrogen and oxygen atoms in total. The number of ether oxygens (including phenoxy) is 1. The Bertz CT molecular complexity index is 444. The molecule has 1 saturated carbocycles. The summed E-state index contributed by atoms with van der Waals surface area (Å²) in [6.07, 6.45) is 3.06. The van der Waals surface area contributed by atoms with E-state index in [9.17, 15) is 18.4 Å². The standard InChI is InChI=1S/C15H22F2N2O3/c16-12(17)13(20)18-8-4-11(5-9-18)19-10-15(22-14(19)21)6-2-1-3-7-15/h11-12H,1-10H2. The Balaban J connectivity index is 1.57. The summed E-state index contributed by atoms with van der Waals surface area (Å²) in [6, 6.07) is -0.00414. The molecule has 2 aliphatic heterocycles. The second-order valence-corrected chi connectivity index (χ2v) is 6.60. The predicted octanol–water partition coefficient (Wildman–Crippen LogP) is 2.40. The van der Waals surface area contributed by atoms with E-state index in [-0.39, 0.29) is 30.8 Å². The third kappa shape index (κ3) is 2.90. The first kappa shape index (κ1) is 15.5. The average Bonchev–Trinajstić information content (AvgIpc) is 2.83. The van der Waals surface area contributed by atoms with Gasteiger partial charge in [0.15, 0.2) is 0 Å². The first-order chi connectivity index (χ1) is 10.5. The fraction of sp³-hybridized carbons (Fsp3) is 0.867. The highest BCUT2D eigenvalue weighted by atomic mass is 19.3. The molecular weight excluding hydrogens is 294 g/mol. The van der Waals surface area contributed by atoms with Gasteiger partial charge in [-0.05, 0) is 38.5 Å². The van der Waals surface area contributed by atoms with E-state index >= 15 is 0 Å². The minimum Gasteiger partial charge on any atom is -0.441 e. The van der Waals surface area contributed by atoms with Crippen molar-refractivity contribution in [3.63, 3.8) is 0 Å². The number of hydrogen-bond donors (Lipinski definition) is 0. The second kappa shape index (κ2) is 6.01. The third-order valence-corrected chi connectivity index (χ3v) is 5.17. The molecule has 2 heterocycles. The Morgan fingerprint density at radius 1 is 1.18 bits per heavy atom. The molecule has 0 atom stereocenters. The van der Waals surface area contributed by atoms with Crippen molar-refractivity contribution in [2.75, 3.05) is 19.6 Å². The number of nitrogens with zero attached hydrogens (tertiary/aromatic N) is 2. The van der Waals surface area contributed by atoms with E-state index in [2.05, 4.69) is 0 Å². The summed E-state index contributed by atoms with van der Waals surface area (Å²) in [7, 11) is 0. The summed E-state index contributed by atoms with van der Waals surface area (Å²) in [4.78, 5) is 26.4. The van der Waals surface area contributed by atoms with E-state index in [4.69, 9.17) is 4.74 Å². The number of rotatable bonds is 2. The van der Waals surface area contributed by atoms with Gasteiger partial charge in [-0.1, -0.05) is 6.42 Å². The molecule has 0 N–H and O–H groups in total. The Labute approximate surface area is 128 Å². The Morgan fingerprint density at radius 2 is 1.82 bits per heavy atom. The zero-order valence-corrected chi connectivity index (χ0v) is 12.6. The van der Waals surface area contributed by atoms with Crippen LogP contribution in [0, 0.1) is 0 Å². The summed E-state index contributed by atoms with van der Waals surface area (Å²) >= 11 is 0. The highest BCUT2D eigenvalue weighted by Gasteiger charge is 2.48. The Morgan fingerprint density at radius 3 is 2.41 bits per heavy atom. The highest BCUT2D eigenvalue weighted by molar-refractivity contribution is 5.79. The van der Waals surface area contributed by atoms with Gasteiger partial charge in [0.05, 0.1) is 6.54 Å². The van der Waals surface area contributed by atoms with Gasteiger partial charge >= 0.3 is 12.5 Å². The van der Waals surface area contributed by atoms with Gasteiger partial charge in [0.1, 0.15) is 5.60 Å². The fourth-order valence-electron chi connectivity index (χ4n) is 3.92. The first-order valence-electron chi connectivity index (χ1n) is 8.07. The molecule has 124 valence electrons. The fourth-order valence-corrected chi connectivity index (χ4v) is 3.92. The molecule has 1 aliphatic carbocycles. The number of piperidine rings is 1. The molecule has 0 unspecified atom stereocenters. The van der Waals surface area contributed by atoms with Crippen LogP contribution in [0.3, 0.4) is 0 Å². The summed E-state index contributed by atoms with van der Waals surface area (Å²) in [5.74, 6) is -1.11. The SMILES string of the molecule is O=C(C(F)F)N1CCC(N2CC3(CCCCC3)OC2=O)CC1. The zero-order valence-electron chi connectivity index (χ0n) is 12.6.